The third kappa shape index (κ3) is 4.84. The second-order valence-corrected chi connectivity index (χ2v) is 10.1. The van der Waals surface area contributed by atoms with Crippen LogP contribution < -0.4 is 0 Å². The van der Waals surface area contributed by atoms with Gasteiger partial charge in [-0.05, 0) is 83.3 Å². The normalized spacial score (nSPS) is 15.7. The number of halogens is 2. The summed E-state index contributed by atoms with van der Waals surface area (Å²) in [6.45, 7) is 0. The molecular formula is C25H19FIO2S+. The van der Waals surface area contributed by atoms with Gasteiger partial charge in [0.05, 0.1) is 16.5 Å². The van der Waals surface area contributed by atoms with Crippen molar-refractivity contribution in [3.8, 4) is 0 Å². The molecule has 150 valence electrons. The summed E-state index contributed by atoms with van der Waals surface area (Å²) in [6, 6.07) is 25.0. The fourth-order valence-electron chi connectivity index (χ4n) is 3.27. The molecule has 3 aromatic rings. The first-order valence-electron chi connectivity index (χ1n) is 9.50. The highest BCUT2D eigenvalue weighted by Gasteiger charge is 2.34. The topological polar surface area (TPSA) is 26.3 Å². The molecule has 0 bridgehead atoms. The average Bonchev–Trinajstić information content (AvgIpc) is 2.76. The number of rotatable bonds is 5. The number of carbonyl (C=O) groups excluding carboxylic acids is 1. The van der Waals surface area contributed by atoms with Crippen LogP contribution in [0.3, 0.4) is 0 Å². The van der Waals surface area contributed by atoms with E-state index in [4.69, 9.17) is 4.74 Å². The van der Waals surface area contributed by atoms with Crippen molar-refractivity contribution in [1.82, 2.24) is 0 Å². The first-order chi connectivity index (χ1) is 14.6. The molecule has 0 N–H and O–H groups in total. The van der Waals surface area contributed by atoms with Gasteiger partial charge < -0.3 is 4.74 Å². The van der Waals surface area contributed by atoms with Crippen LogP contribution in [0.5, 0.6) is 0 Å². The van der Waals surface area contributed by atoms with Gasteiger partial charge in [-0.15, -0.1) is 0 Å². The van der Waals surface area contributed by atoms with E-state index in [9.17, 15) is 9.18 Å². The fraction of sp³-hybridized carbons (Fsp3) is 0.0800. The molecular weight excluding hydrogens is 510 g/mol. The Morgan fingerprint density at radius 3 is 2.13 bits per heavy atom. The van der Waals surface area contributed by atoms with Crippen molar-refractivity contribution < 1.29 is 13.9 Å². The van der Waals surface area contributed by atoms with Crippen LogP contribution in [0.25, 0.3) is 0 Å². The second kappa shape index (κ2) is 9.62. The van der Waals surface area contributed by atoms with Gasteiger partial charge in [0, 0.05) is 9.99 Å². The van der Waals surface area contributed by atoms with E-state index in [2.05, 4.69) is 54.6 Å². The van der Waals surface area contributed by atoms with Gasteiger partial charge in [0.1, 0.15) is 11.6 Å². The van der Waals surface area contributed by atoms with Gasteiger partial charge in [-0.25, -0.2) is 9.18 Å². The Balaban J connectivity index is 1.51. The monoisotopic (exact) mass is 529 g/mol. The predicted octanol–water partition coefficient (Wildman–Crippen LogP) is 6.54. The van der Waals surface area contributed by atoms with Crippen molar-refractivity contribution in [3.05, 3.63) is 118 Å². The first-order valence-corrected chi connectivity index (χ1v) is 11.9. The summed E-state index contributed by atoms with van der Waals surface area (Å²) >= 11 is 1.94. The maximum atomic E-state index is 13.3. The van der Waals surface area contributed by atoms with Crippen molar-refractivity contribution >= 4 is 39.5 Å². The molecule has 0 aliphatic heterocycles. The zero-order valence-electron chi connectivity index (χ0n) is 16.0. The Hall–Kier alpha value is -2.38. The van der Waals surface area contributed by atoms with E-state index in [1.54, 1.807) is 0 Å². The van der Waals surface area contributed by atoms with Crippen LogP contribution in [-0.4, -0.2) is 11.2 Å². The Kier molecular flexibility index (Phi) is 6.69. The van der Waals surface area contributed by atoms with E-state index in [0.29, 0.717) is 14.9 Å². The molecule has 5 heteroatoms. The number of hydrogen-bond acceptors (Lipinski definition) is 2. The lowest BCUT2D eigenvalue weighted by molar-refractivity contribution is 0.0634. The van der Waals surface area contributed by atoms with Crippen LogP contribution in [-0.2, 0) is 15.6 Å². The lowest BCUT2D eigenvalue weighted by Crippen LogP contribution is -2.22. The molecule has 0 spiro atoms. The van der Waals surface area contributed by atoms with Crippen molar-refractivity contribution in [2.45, 2.75) is 21.5 Å². The van der Waals surface area contributed by atoms with Crippen molar-refractivity contribution in [2.24, 2.45) is 0 Å². The fourth-order valence-corrected chi connectivity index (χ4v) is 6.36. The summed E-state index contributed by atoms with van der Waals surface area (Å²) in [6.07, 6.45) is 6.73. The van der Waals surface area contributed by atoms with Gasteiger partial charge >= 0.3 is 5.97 Å². The quantitative estimate of drug-likeness (QED) is 0.213. The van der Waals surface area contributed by atoms with E-state index >= 15 is 0 Å². The summed E-state index contributed by atoms with van der Waals surface area (Å²) in [5.74, 6) is -0.315. The summed E-state index contributed by atoms with van der Waals surface area (Å²) in [5.41, 5.74) is 0.363. The molecule has 0 aromatic heterocycles. The van der Waals surface area contributed by atoms with E-state index in [0.717, 1.165) is 6.42 Å². The summed E-state index contributed by atoms with van der Waals surface area (Å²) < 4.78 is 19.4. The first kappa shape index (κ1) is 20.9. The Bertz CT molecular complexity index is 1060. The van der Waals surface area contributed by atoms with Gasteiger partial charge in [-0.1, -0.05) is 36.4 Å². The summed E-state index contributed by atoms with van der Waals surface area (Å²) in [7, 11) is -0.122. The molecule has 0 heterocycles. The largest absolute Gasteiger partial charge is 0.423 e. The number of carbonyl (C=O) groups is 1. The smallest absolute Gasteiger partial charge is 0.344 e. The van der Waals surface area contributed by atoms with Crippen molar-refractivity contribution in [2.75, 3.05) is 0 Å². The number of allylic oxidation sites excluding steroid dienone is 2. The lowest BCUT2D eigenvalue weighted by Gasteiger charge is -2.18. The van der Waals surface area contributed by atoms with Crippen molar-refractivity contribution in [1.29, 1.82) is 0 Å². The second-order valence-electron chi connectivity index (χ2n) is 6.72. The molecule has 1 aliphatic rings. The van der Waals surface area contributed by atoms with E-state index in [1.807, 2.05) is 46.9 Å². The lowest BCUT2D eigenvalue weighted by atomic mass is 10.1. The third-order valence-corrected chi connectivity index (χ3v) is 8.09. The minimum atomic E-state index is -0.473. The standard InChI is InChI=1S/C25H19FIO2S/c26-18-11-16-23(24(27)17-18)25(28)29-19-12-14-22(15-13-19)30(20-7-3-1-4-8-20)21-9-5-2-6-10-21/h1-14,16-17,22H,15H2/q+1. The Morgan fingerprint density at radius 2 is 1.60 bits per heavy atom. The van der Waals surface area contributed by atoms with Gasteiger partial charge in [0.25, 0.3) is 0 Å². The zero-order valence-corrected chi connectivity index (χ0v) is 19.0. The predicted molar refractivity (Wildman–Crippen MR) is 127 cm³/mol. The average molecular weight is 529 g/mol. The van der Waals surface area contributed by atoms with Crippen molar-refractivity contribution in [3.63, 3.8) is 0 Å². The molecule has 1 unspecified atom stereocenters. The Labute approximate surface area is 192 Å². The van der Waals surface area contributed by atoms with Crippen LogP contribution in [0.1, 0.15) is 16.8 Å². The highest BCUT2D eigenvalue weighted by atomic mass is 127. The molecule has 0 saturated heterocycles. The maximum absolute atomic E-state index is 13.3. The molecule has 2 nitrogen and oxygen atoms in total. The van der Waals surface area contributed by atoms with Gasteiger partial charge in [-0.3, -0.25) is 0 Å². The molecule has 0 radical (unpaired) electrons. The number of ether oxygens (including phenoxy) is 1. The van der Waals surface area contributed by atoms with Gasteiger partial charge in [-0.2, -0.15) is 0 Å². The molecule has 1 aliphatic carbocycles. The zero-order chi connectivity index (χ0) is 20.9. The number of hydrogen-bond donors (Lipinski definition) is 0. The van der Waals surface area contributed by atoms with Crippen LogP contribution in [0.2, 0.25) is 0 Å². The van der Waals surface area contributed by atoms with Gasteiger partial charge in [0.2, 0.25) is 0 Å². The minimum absolute atomic E-state index is 0.122. The minimum Gasteiger partial charge on any atom is -0.423 e. The maximum Gasteiger partial charge on any atom is 0.344 e. The molecule has 30 heavy (non-hydrogen) atoms. The molecule has 1 atom stereocenters. The van der Waals surface area contributed by atoms with E-state index in [1.165, 1.54) is 28.0 Å². The van der Waals surface area contributed by atoms with Crippen LogP contribution in [0.15, 0.2) is 113 Å². The van der Waals surface area contributed by atoms with E-state index in [-0.39, 0.29) is 22.0 Å². The van der Waals surface area contributed by atoms with Crippen LogP contribution in [0, 0.1) is 9.39 Å². The van der Waals surface area contributed by atoms with Gasteiger partial charge in [0.15, 0.2) is 15.0 Å². The highest BCUT2D eigenvalue weighted by molar-refractivity contribution is 14.1. The summed E-state index contributed by atoms with van der Waals surface area (Å²) in [4.78, 5) is 15.1. The van der Waals surface area contributed by atoms with Crippen LogP contribution >= 0.6 is 22.6 Å². The molecule has 0 fully saturated rings. The number of esters is 1. The van der Waals surface area contributed by atoms with Crippen LogP contribution in [0.4, 0.5) is 4.39 Å². The SMILES string of the molecule is O=C(OC1=CCC([S+](c2ccccc2)c2ccccc2)C=C1)c1ccc(F)cc1I. The molecule has 0 amide bonds. The highest BCUT2D eigenvalue weighted by Crippen LogP contribution is 2.32. The Morgan fingerprint density at radius 1 is 0.967 bits per heavy atom. The summed E-state index contributed by atoms with van der Waals surface area (Å²) in [5, 5.41) is 0.281. The molecule has 0 saturated carbocycles. The number of benzene rings is 3. The molecule has 3 aromatic carbocycles. The van der Waals surface area contributed by atoms with E-state index < -0.39 is 5.97 Å². The third-order valence-electron chi connectivity index (χ3n) is 4.69. The molecule has 4 rings (SSSR count).